The number of amides is 1. The maximum Gasteiger partial charge on any atom is 0.313 e. The molecule has 0 radical (unpaired) electrons. The second kappa shape index (κ2) is 6.48. The van der Waals surface area contributed by atoms with Crippen molar-refractivity contribution in [1.29, 1.82) is 0 Å². The van der Waals surface area contributed by atoms with Crippen LogP contribution >= 0.6 is 11.8 Å². The van der Waals surface area contributed by atoms with Crippen LogP contribution in [-0.2, 0) is 9.59 Å². The lowest BCUT2D eigenvalue weighted by atomic mass is 10.3. The van der Waals surface area contributed by atoms with Crippen LogP contribution in [-0.4, -0.2) is 47.0 Å². The van der Waals surface area contributed by atoms with Crippen molar-refractivity contribution < 1.29 is 14.7 Å². The van der Waals surface area contributed by atoms with E-state index >= 15 is 0 Å². The van der Waals surface area contributed by atoms with E-state index in [2.05, 4.69) is 6.58 Å². The van der Waals surface area contributed by atoms with E-state index in [1.54, 1.807) is 7.05 Å². The molecule has 1 N–H and O–H groups in total. The number of nitrogens with zero attached hydrogens (tertiary/aromatic N) is 1. The first-order chi connectivity index (χ1) is 6.43. The fourth-order valence-electron chi connectivity index (χ4n) is 0.829. The van der Waals surface area contributed by atoms with Crippen LogP contribution < -0.4 is 0 Å². The Bertz CT molecular complexity index is 240. The smallest absolute Gasteiger partial charge is 0.313 e. The zero-order valence-corrected chi connectivity index (χ0v) is 9.26. The average molecular weight is 217 g/mol. The van der Waals surface area contributed by atoms with Gasteiger partial charge in [-0.2, -0.15) is 0 Å². The highest BCUT2D eigenvalue weighted by molar-refractivity contribution is 8.00. The standard InChI is InChI=1S/C9H15NO3S/c1-7(2)4-10(3)8(11)5-14-6-9(12)13/h1,4-6H2,2-3H3,(H,12,13). The van der Waals surface area contributed by atoms with Crippen LogP contribution in [0.3, 0.4) is 0 Å². The summed E-state index contributed by atoms with van der Waals surface area (Å²) in [7, 11) is 1.68. The van der Waals surface area contributed by atoms with Crippen LogP contribution in [0, 0.1) is 0 Å². The van der Waals surface area contributed by atoms with E-state index in [4.69, 9.17) is 5.11 Å². The lowest BCUT2D eigenvalue weighted by molar-refractivity contribution is -0.133. The third-order valence-corrected chi connectivity index (χ3v) is 2.29. The van der Waals surface area contributed by atoms with Gasteiger partial charge < -0.3 is 10.0 Å². The molecule has 0 aliphatic heterocycles. The number of thioether (sulfide) groups is 1. The molecule has 0 atom stereocenters. The molecule has 0 heterocycles. The summed E-state index contributed by atoms with van der Waals surface area (Å²) in [6, 6.07) is 0. The van der Waals surface area contributed by atoms with Gasteiger partial charge in [0.2, 0.25) is 5.91 Å². The van der Waals surface area contributed by atoms with E-state index in [0.717, 1.165) is 17.3 Å². The van der Waals surface area contributed by atoms with Gasteiger partial charge >= 0.3 is 5.97 Å². The van der Waals surface area contributed by atoms with Gasteiger partial charge in [0, 0.05) is 13.6 Å². The van der Waals surface area contributed by atoms with Crippen molar-refractivity contribution in [2.24, 2.45) is 0 Å². The molecule has 0 unspecified atom stereocenters. The fourth-order valence-corrected chi connectivity index (χ4v) is 1.50. The summed E-state index contributed by atoms with van der Waals surface area (Å²) < 4.78 is 0. The number of hydrogen-bond acceptors (Lipinski definition) is 3. The molecular formula is C9H15NO3S. The van der Waals surface area contributed by atoms with Crippen molar-refractivity contribution in [1.82, 2.24) is 4.90 Å². The van der Waals surface area contributed by atoms with E-state index in [1.807, 2.05) is 6.92 Å². The van der Waals surface area contributed by atoms with E-state index < -0.39 is 5.97 Å². The minimum Gasteiger partial charge on any atom is -0.481 e. The van der Waals surface area contributed by atoms with Gasteiger partial charge in [0.25, 0.3) is 0 Å². The first-order valence-corrected chi connectivity index (χ1v) is 5.27. The molecule has 0 fully saturated rings. The first kappa shape index (κ1) is 13.0. The number of carboxylic acid groups (broad SMARTS) is 1. The van der Waals surface area contributed by atoms with Crippen LogP contribution in [0.15, 0.2) is 12.2 Å². The topological polar surface area (TPSA) is 57.6 Å². The van der Waals surface area contributed by atoms with Crippen molar-refractivity contribution in [3.8, 4) is 0 Å². The highest BCUT2D eigenvalue weighted by atomic mass is 32.2. The van der Waals surface area contributed by atoms with Gasteiger partial charge in [-0.15, -0.1) is 11.8 Å². The molecule has 0 aromatic heterocycles. The summed E-state index contributed by atoms with van der Waals surface area (Å²) in [5.74, 6) is -0.799. The monoisotopic (exact) mass is 217 g/mol. The van der Waals surface area contributed by atoms with Gasteiger partial charge in [-0.05, 0) is 6.92 Å². The van der Waals surface area contributed by atoms with E-state index in [-0.39, 0.29) is 17.4 Å². The number of carbonyl (C=O) groups excluding carboxylic acids is 1. The second-order valence-corrected chi connectivity index (χ2v) is 4.08. The van der Waals surface area contributed by atoms with Gasteiger partial charge in [0.05, 0.1) is 11.5 Å². The maximum atomic E-state index is 11.3. The predicted molar refractivity (Wildman–Crippen MR) is 57.4 cm³/mol. The largest absolute Gasteiger partial charge is 0.481 e. The highest BCUT2D eigenvalue weighted by Crippen LogP contribution is 2.02. The minimum atomic E-state index is -0.898. The summed E-state index contributed by atoms with van der Waals surface area (Å²) in [6.45, 7) is 6.05. The number of likely N-dealkylation sites (N-methyl/N-ethyl adjacent to an activating group) is 1. The Labute approximate surface area is 88.0 Å². The zero-order valence-electron chi connectivity index (χ0n) is 8.45. The van der Waals surface area contributed by atoms with E-state index in [9.17, 15) is 9.59 Å². The van der Waals surface area contributed by atoms with Gasteiger partial charge in [-0.1, -0.05) is 12.2 Å². The molecule has 14 heavy (non-hydrogen) atoms. The number of carbonyl (C=O) groups is 2. The highest BCUT2D eigenvalue weighted by Gasteiger charge is 2.09. The third kappa shape index (κ3) is 6.54. The predicted octanol–water partition coefficient (Wildman–Crippen LogP) is 0.839. The van der Waals surface area contributed by atoms with Crippen molar-refractivity contribution in [3.05, 3.63) is 12.2 Å². The Morgan fingerprint density at radius 3 is 2.43 bits per heavy atom. The Balaban J connectivity index is 3.73. The van der Waals surface area contributed by atoms with Crippen molar-refractivity contribution in [2.45, 2.75) is 6.92 Å². The number of hydrogen-bond donors (Lipinski definition) is 1. The Morgan fingerprint density at radius 2 is 2.00 bits per heavy atom. The fraction of sp³-hybridized carbons (Fsp3) is 0.556. The van der Waals surface area contributed by atoms with Crippen molar-refractivity contribution in [2.75, 3.05) is 25.1 Å². The molecular weight excluding hydrogens is 202 g/mol. The molecule has 0 aliphatic carbocycles. The SMILES string of the molecule is C=C(C)CN(C)C(=O)CSCC(=O)O. The third-order valence-electron chi connectivity index (χ3n) is 1.38. The van der Waals surface area contributed by atoms with E-state index in [0.29, 0.717) is 6.54 Å². The minimum absolute atomic E-state index is 0.0351. The van der Waals surface area contributed by atoms with Crippen LogP contribution in [0.2, 0.25) is 0 Å². The lowest BCUT2D eigenvalue weighted by Crippen LogP contribution is -2.29. The van der Waals surface area contributed by atoms with Gasteiger partial charge in [0.1, 0.15) is 0 Å². The average Bonchev–Trinajstić information content (AvgIpc) is 2.01. The molecule has 0 saturated carbocycles. The van der Waals surface area contributed by atoms with Crippen LogP contribution in [0.5, 0.6) is 0 Å². The first-order valence-electron chi connectivity index (χ1n) is 4.11. The molecule has 0 saturated heterocycles. The summed E-state index contributed by atoms with van der Waals surface area (Å²) >= 11 is 1.10. The maximum absolute atomic E-state index is 11.3. The number of aliphatic carboxylic acids is 1. The Kier molecular flexibility index (Phi) is 6.03. The summed E-state index contributed by atoms with van der Waals surface area (Å²) in [5, 5.41) is 8.35. The molecule has 0 aliphatic rings. The molecule has 0 spiro atoms. The van der Waals surface area contributed by atoms with Gasteiger partial charge in [-0.3, -0.25) is 9.59 Å². The van der Waals surface area contributed by atoms with Crippen molar-refractivity contribution in [3.63, 3.8) is 0 Å². The van der Waals surface area contributed by atoms with Gasteiger partial charge in [-0.25, -0.2) is 0 Å². The molecule has 0 aromatic rings. The van der Waals surface area contributed by atoms with Gasteiger partial charge in [0.15, 0.2) is 0 Å². The molecule has 0 aromatic carbocycles. The summed E-state index contributed by atoms with van der Waals surface area (Å²) in [6.07, 6.45) is 0. The molecule has 5 heteroatoms. The Morgan fingerprint density at radius 1 is 1.43 bits per heavy atom. The molecule has 80 valence electrons. The van der Waals surface area contributed by atoms with E-state index in [1.165, 1.54) is 4.90 Å². The Hall–Kier alpha value is -0.970. The zero-order chi connectivity index (χ0) is 11.1. The summed E-state index contributed by atoms with van der Waals surface area (Å²) in [5.41, 5.74) is 0.907. The molecule has 0 bridgehead atoms. The number of carboxylic acids is 1. The summed E-state index contributed by atoms with van der Waals surface area (Å²) in [4.78, 5) is 23.0. The quantitative estimate of drug-likeness (QED) is 0.670. The second-order valence-electron chi connectivity index (χ2n) is 3.09. The van der Waals surface area contributed by atoms with Crippen LogP contribution in [0.4, 0.5) is 0 Å². The molecule has 4 nitrogen and oxygen atoms in total. The molecule has 1 amide bonds. The normalized spacial score (nSPS) is 9.57. The van der Waals surface area contributed by atoms with Crippen LogP contribution in [0.1, 0.15) is 6.92 Å². The molecule has 0 rings (SSSR count). The number of rotatable bonds is 6. The van der Waals surface area contributed by atoms with Crippen LogP contribution in [0.25, 0.3) is 0 Å². The van der Waals surface area contributed by atoms with Crippen molar-refractivity contribution >= 4 is 23.6 Å². The lowest BCUT2D eigenvalue weighted by Gasteiger charge is -2.16.